The second-order valence-corrected chi connectivity index (χ2v) is 8.27. The molecule has 3 aliphatic rings. The molecule has 1 saturated heterocycles. The summed E-state index contributed by atoms with van der Waals surface area (Å²) >= 11 is 0. The third-order valence-corrected chi connectivity index (χ3v) is 6.23. The van der Waals surface area contributed by atoms with Gasteiger partial charge in [0.1, 0.15) is 0 Å². The van der Waals surface area contributed by atoms with Crippen molar-refractivity contribution in [3.63, 3.8) is 0 Å². The first kappa shape index (κ1) is 24.5. The standard InChI is InChI=1S/C23H31N5O3.HI/c1-3-12-31-20-17(6-5-9-25-20)14-27-23(24-4-2)26-10-11-28-21(29)18-15-7-8-16(13-15)19(18)22(28)30;/h5-9,15-16,18-19H,3-4,10-14H2,1-2H3,(H2,24,26,27);1H. The molecule has 32 heavy (non-hydrogen) atoms. The summed E-state index contributed by atoms with van der Waals surface area (Å²) < 4.78 is 5.70. The molecule has 4 atom stereocenters. The van der Waals surface area contributed by atoms with E-state index in [0.29, 0.717) is 44.6 Å². The van der Waals surface area contributed by atoms with Crippen LogP contribution in [0.3, 0.4) is 0 Å². The number of nitrogens with one attached hydrogen (secondary N) is 2. The van der Waals surface area contributed by atoms with Crippen molar-refractivity contribution in [1.29, 1.82) is 0 Å². The average Bonchev–Trinajstić information content (AvgIpc) is 3.46. The number of allylic oxidation sites excluding steroid dienone is 2. The minimum atomic E-state index is -0.142. The lowest BCUT2D eigenvalue weighted by Gasteiger charge is -2.18. The van der Waals surface area contributed by atoms with Crippen molar-refractivity contribution in [2.75, 3.05) is 26.2 Å². The summed E-state index contributed by atoms with van der Waals surface area (Å²) in [5.74, 6) is 1.42. The van der Waals surface area contributed by atoms with Crippen LogP contribution in [0.25, 0.3) is 0 Å². The van der Waals surface area contributed by atoms with Crippen LogP contribution in [0.15, 0.2) is 35.5 Å². The van der Waals surface area contributed by atoms with Gasteiger partial charge in [0.15, 0.2) is 5.96 Å². The van der Waals surface area contributed by atoms with E-state index in [4.69, 9.17) is 4.74 Å². The number of aliphatic imine (C=N–C) groups is 1. The molecule has 2 bridgehead atoms. The molecular weight excluding hydrogens is 521 g/mol. The van der Waals surface area contributed by atoms with E-state index in [-0.39, 0.29) is 59.5 Å². The van der Waals surface area contributed by atoms with Gasteiger partial charge in [-0.15, -0.1) is 24.0 Å². The number of amides is 2. The minimum absolute atomic E-state index is 0. The number of ether oxygens (including phenoxy) is 1. The molecule has 1 saturated carbocycles. The Morgan fingerprint density at radius 3 is 2.56 bits per heavy atom. The largest absolute Gasteiger partial charge is 0.477 e. The first-order valence-electron chi connectivity index (χ1n) is 11.3. The molecule has 8 nitrogen and oxygen atoms in total. The summed E-state index contributed by atoms with van der Waals surface area (Å²) in [4.78, 5) is 36.0. The van der Waals surface area contributed by atoms with Crippen molar-refractivity contribution in [3.8, 4) is 5.88 Å². The normalized spacial score (nSPS) is 25.7. The fraction of sp³-hybridized carbons (Fsp3) is 0.565. The van der Waals surface area contributed by atoms with Gasteiger partial charge in [0.2, 0.25) is 17.7 Å². The van der Waals surface area contributed by atoms with Crippen molar-refractivity contribution >= 4 is 41.8 Å². The number of hydrogen-bond donors (Lipinski definition) is 2. The van der Waals surface area contributed by atoms with Crippen LogP contribution in [-0.2, 0) is 16.1 Å². The zero-order valence-corrected chi connectivity index (χ0v) is 21.0. The van der Waals surface area contributed by atoms with Crippen LogP contribution in [-0.4, -0.2) is 53.9 Å². The summed E-state index contributed by atoms with van der Waals surface area (Å²) in [7, 11) is 0. The molecule has 4 unspecified atom stereocenters. The third-order valence-electron chi connectivity index (χ3n) is 6.23. The summed E-state index contributed by atoms with van der Waals surface area (Å²) in [6.07, 6.45) is 7.81. The van der Waals surface area contributed by atoms with E-state index in [0.717, 1.165) is 18.4 Å². The molecule has 1 aliphatic heterocycles. The van der Waals surface area contributed by atoms with E-state index in [9.17, 15) is 9.59 Å². The van der Waals surface area contributed by atoms with Gasteiger partial charge in [-0.25, -0.2) is 9.98 Å². The Labute approximate surface area is 206 Å². The molecule has 1 aromatic rings. The second-order valence-electron chi connectivity index (χ2n) is 8.27. The van der Waals surface area contributed by atoms with Crippen LogP contribution in [0.4, 0.5) is 0 Å². The number of aromatic nitrogens is 1. The Kier molecular flexibility index (Phi) is 8.50. The van der Waals surface area contributed by atoms with Crippen LogP contribution in [0.5, 0.6) is 5.88 Å². The Bertz CT molecular complexity index is 860. The number of fused-ring (bicyclic) bond motifs is 5. The van der Waals surface area contributed by atoms with E-state index in [2.05, 4.69) is 39.7 Å². The highest BCUT2D eigenvalue weighted by Gasteiger charge is 2.58. The molecule has 2 N–H and O–H groups in total. The third kappa shape index (κ3) is 4.92. The predicted molar refractivity (Wildman–Crippen MR) is 133 cm³/mol. The first-order valence-corrected chi connectivity index (χ1v) is 11.3. The second kappa shape index (κ2) is 11.1. The van der Waals surface area contributed by atoms with Gasteiger partial charge in [-0.1, -0.05) is 25.1 Å². The number of guanidine groups is 1. The number of pyridine rings is 1. The lowest BCUT2D eigenvalue weighted by atomic mass is 9.85. The topological polar surface area (TPSA) is 95.9 Å². The maximum absolute atomic E-state index is 12.8. The maximum Gasteiger partial charge on any atom is 0.233 e. The smallest absolute Gasteiger partial charge is 0.233 e. The molecule has 174 valence electrons. The van der Waals surface area contributed by atoms with Crippen molar-refractivity contribution in [3.05, 3.63) is 36.0 Å². The number of carbonyl (C=O) groups is 2. The number of hydrogen-bond acceptors (Lipinski definition) is 5. The average molecular weight is 553 g/mol. The van der Waals surface area contributed by atoms with Crippen LogP contribution in [0.2, 0.25) is 0 Å². The molecule has 2 heterocycles. The summed E-state index contributed by atoms with van der Waals surface area (Å²) in [6, 6.07) is 3.82. The predicted octanol–water partition coefficient (Wildman–Crippen LogP) is 2.35. The highest BCUT2D eigenvalue weighted by atomic mass is 127. The lowest BCUT2D eigenvalue weighted by molar-refractivity contribution is -0.140. The SMILES string of the molecule is CCCOc1ncccc1CN=C(NCC)NCCN1C(=O)C2C3C=CC(C3)C2C1=O.I. The van der Waals surface area contributed by atoms with Gasteiger partial charge in [0.25, 0.3) is 0 Å². The van der Waals surface area contributed by atoms with Gasteiger partial charge in [0.05, 0.1) is 25.0 Å². The van der Waals surface area contributed by atoms with Crippen LogP contribution in [0.1, 0.15) is 32.3 Å². The highest BCUT2D eigenvalue weighted by Crippen LogP contribution is 2.52. The van der Waals surface area contributed by atoms with Gasteiger partial charge in [-0.2, -0.15) is 0 Å². The zero-order valence-electron chi connectivity index (χ0n) is 18.6. The molecular formula is C23H32IN5O3. The van der Waals surface area contributed by atoms with Crippen molar-refractivity contribution in [1.82, 2.24) is 20.5 Å². The maximum atomic E-state index is 12.8. The number of halogens is 1. The number of rotatable bonds is 9. The van der Waals surface area contributed by atoms with Gasteiger partial charge in [-0.05, 0) is 37.7 Å². The molecule has 2 fully saturated rings. The molecule has 2 aliphatic carbocycles. The number of carbonyl (C=O) groups excluding carboxylic acids is 2. The van der Waals surface area contributed by atoms with Crippen LogP contribution in [0, 0.1) is 23.7 Å². The Morgan fingerprint density at radius 2 is 1.91 bits per heavy atom. The molecule has 0 radical (unpaired) electrons. The van der Waals surface area contributed by atoms with E-state index in [1.807, 2.05) is 19.1 Å². The number of imide groups is 1. The Balaban J connectivity index is 0.00000289. The van der Waals surface area contributed by atoms with E-state index < -0.39 is 0 Å². The molecule has 0 aromatic carbocycles. The van der Waals surface area contributed by atoms with E-state index >= 15 is 0 Å². The molecule has 4 rings (SSSR count). The molecule has 1 aromatic heterocycles. The van der Waals surface area contributed by atoms with Crippen molar-refractivity contribution in [2.45, 2.75) is 33.2 Å². The number of nitrogens with zero attached hydrogens (tertiary/aromatic N) is 3. The summed E-state index contributed by atoms with van der Waals surface area (Å²) in [5.41, 5.74) is 0.911. The zero-order chi connectivity index (χ0) is 21.8. The van der Waals surface area contributed by atoms with Gasteiger partial charge in [0, 0.05) is 31.4 Å². The first-order chi connectivity index (χ1) is 15.1. The van der Waals surface area contributed by atoms with Crippen LogP contribution >= 0.6 is 24.0 Å². The lowest BCUT2D eigenvalue weighted by Crippen LogP contribution is -2.43. The number of likely N-dealkylation sites (tertiary alicyclic amines) is 1. The van der Waals surface area contributed by atoms with Gasteiger partial charge in [-0.3, -0.25) is 14.5 Å². The fourth-order valence-corrected chi connectivity index (χ4v) is 4.85. The fourth-order valence-electron chi connectivity index (χ4n) is 4.85. The monoisotopic (exact) mass is 553 g/mol. The van der Waals surface area contributed by atoms with E-state index in [1.165, 1.54) is 4.90 Å². The van der Waals surface area contributed by atoms with Crippen LogP contribution < -0.4 is 15.4 Å². The quantitative estimate of drug-likeness (QED) is 0.160. The highest BCUT2D eigenvalue weighted by molar-refractivity contribution is 14.0. The summed E-state index contributed by atoms with van der Waals surface area (Å²) in [5, 5.41) is 6.45. The Morgan fingerprint density at radius 1 is 1.19 bits per heavy atom. The van der Waals surface area contributed by atoms with Crippen molar-refractivity contribution in [2.24, 2.45) is 28.7 Å². The molecule has 2 amide bonds. The van der Waals surface area contributed by atoms with E-state index in [1.54, 1.807) is 6.20 Å². The molecule has 0 spiro atoms. The Hall–Kier alpha value is -2.17. The van der Waals surface area contributed by atoms with Gasteiger partial charge >= 0.3 is 0 Å². The van der Waals surface area contributed by atoms with Crippen molar-refractivity contribution < 1.29 is 14.3 Å². The summed E-state index contributed by atoms with van der Waals surface area (Å²) in [6.45, 7) is 6.60. The van der Waals surface area contributed by atoms with Gasteiger partial charge < -0.3 is 15.4 Å². The minimum Gasteiger partial charge on any atom is -0.477 e. The molecule has 9 heteroatoms.